The van der Waals surface area contributed by atoms with Gasteiger partial charge in [-0.2, -0.15) is 0 Å². The van der Waals surface area contributed by atoms with Crippen LogP contribution in [0.5, 0.6) is 0 Å². The smallest absolute Gasteiger partial charge is 0.242 e. The second-order valence-electron chi connectivity index (χ2n) is 7.04. The van der Waals surface area contributed by atoms with Crippen LogP contribution in [-0.4, -0.2) is 29.8 Å². The second-order valence-corrected chi connectivity index (χ2v) is 7.04. The Kier molecular flexibility index (Phi) is 6.60. The number of aryl methyl sites for hydroxylation is 1. The van der Waals surface area contributed by atoms with Gasteiger partial charge in [-0.1, -0.05) is 60.7 Å². The van der Waals surface area contributed by atoms with Crippen molar-refractivity contribution in [3.8, 4) is 0 Å². The third kappa shape index (κ3) is 4.80. The van der Waals surface area contributed by atoms with Crippen LogP contribution in [0.3, 0.4) is 0 Å². The summed E-state index contributed by atoms with van der Waals surface area (Å²) in [6.07, 6.45) is 0.790. The van der Waals surface area contributed by atoms with Crippen LogP contribution in [0, 0.1) is 5.82 Å². The molecule has 1 N–H and O–H groups in total. The fourth-order valence-electron chi connectivity index (χ4n) is 3.50. The Morgan fingerprint density at radius 2 is 1.62 bits per heavy atom. The van der Waals surface area contributed by atoms with Crippen LogP contribution in [-0.2, 0) is 22.6 Å². The minimum absolute atomic E-state index is 0.0512. The number of carbonyl (C=O) groups is 2. The van der Waals surface area contributed by atoms with Crippen LogP contribution in [0.25, 0.3) is 10.8 Å². The van der Waals surface area contributed by atoms with E-state index in [1.165, 1.54) is 18.0 Å². The SMILES string of the molecule is CNC(=O)C(C)N(Cc1ccccc1F)C(=O)CCc1cccc2ccccc12. The van der Waals surface area contributed by atoms with Crippen molar-refractivity contribution in [2.24, 2.45) is 0 Å². The zero-order chi connectivity index (χ0) is 20.8. The molecule has 4 nitrogen and oxygen atoms in total. The van der Waals surface area contributed by atoms with Gasteiger partial charge in [0.05, 0.1) is 0 Å². The standard InChI is InChI=1S/C24H25FN2O2/c1-17(24(29)26-2)27(16-20-9-4-6-13-22(20)25)23(28)15-14-19-11-7-10-18-8-3-5-12-21(18)19/h3-13,17H,14-16H2,1-2H3,(H,26,29). The van der Waals surface area contributed by atoms with E-state index in [1.54, 1.807) is 25.1 Å². The van der Waals surface area contributed by atoms with Crippen molar-refractivity contribution in [2.75, 3.05) is 7.05 Å². The molecule has 3 aromatic rings. The van der Waals surface area contributed by atoms with Crippen LogP contribution in [0.2, 0.25) is 0 Å². The van der Waals surface area contributed by atoms with Crippen molar-refractivity contribution >= 4 is 22.6 Å². The van der Waals surface area contributed by atoms with Gasteiger partial charge in [-0.3, -0.25) is 9.59 Å². The Labute approximate surface area is 170 Å². The Morgan fingerprint density at radius 3 is 2.38 bits per heavy atom. The monoisotopic (exact) mass is 392 g/mol. The highest BCUT2D eigenvalue weighted by molar-refractivity contribution is 5.88. The summed E-state index contributed by atoms with van der Waals surface area (Å²) in [6, 6.07) is 19.7. The van der Waals surface area contributed by atoms with Gasteiger partial charge in [0.25, 0.3) is 0 Å². The summed E-state index contributed by atoms with van der Waals surface area (Å²) in [5.41, 5.74) is 1.47. The van der Waals surface area contributed by atoms with Crippen molar-refractivity contribution in [1.29, 1.82) is 0 Å². The van der Waals surface area contributed by atoms with E-state index < -0.39 is 6.04 Å². The van der Waals surface area contributed by atoms with Gasteiger partial charge in [0.1, 0.15) is 11.9 Å². The van der Waals surface area contributed by atoms with Crippen molar-refractivity contribution in [3.05, 3.63) is 83.7 Å². The number of amides is 2. The maximum atomic E-state index is 14.1. The van der Waals surface area contributed by atoms with E-state index in [9.17, 15) is 14.0 Å². The molecule has 0 saturated carbocycles. The molecule has 0 aliphatic rings. The minimum Gasteiger partial charge on any atom is -0.357 e. The quantitative estimate of drug-likeness (QED) is 0.659. The molecular weight excluding hydrogens is 367 g/mol. The molecular formula is C24H25FN2O2. The highest BCUT2D eigenvalue weighted by Crippen LogP contribution is 2.21. The molecule has 0 saturated heterocycles. The van der Waals surface area contributed by atoms with E-state index in [4.69, 9.17) is 0 Å². The molecule has 0 bridgehead atoms. The third-order valence-electron chi connectivity index (χ3n) is 5.20. The van der Waals surface area contributed by atoms with Gasteiger partial charge in [-0.25, -0.2) is 4.39 Å². The predicted octanol–water partition coefficient (Wildman–Crippen LogP) is 4.07. The fourth-order valence-corrected chi connectivity index (χ4v) is 3.50. The second kappa shape index (κ2) is 9.32. The predicted molar refractivity (Wildman–Crippen MR) is 113 cm³/mol. The molecule has 1 unspecified atom stereocenters. The van der Waals surface area contributed by atoms with E-state index in [1.807, 2.05) is 42.5 Å². The summed E-state index contributed by atoms with van der Waals surface area (Å²) < 4.78 is 14.1. The number of likely N-dealkylation sites (N-methyl/N-ethyl adjacent to an activating group) is 1. The van der Waals surface area contributed by atoms with Gasteiger partial charge in [-0.05, 0) is 35.7 Å². The highest BCUT2D eigenvalue weighted by atomic mass is 19.1. The summed E-state index contributed by atoms with van der Waals surface area (Å²) >= 11 is 0. The van der Waals surface area contributed by atoms with Crippen LogP contribution < -0.4 is 5.32 Å². The molecule has 5 heteroatoms. The lowest BCUT2D eigenvalue weighted by molar-refractivity contribution is -0.140. The number of hydrogen-bond acceptors (Lipinski definition) is 2. The van der Waals surface area contributed by atoms with Crippen LogP contribution >= 0.6 is 0 Å². The lowest BCUT2D eigenvalue weighted by Crippen LogP contribution is -2.46. The van der Waals surface area contributed by atoms with E-state index in [-0.39, 0.29) is 30.6 Å². The van der Waals surface area contributed by atoms with E-state index in [0.717, 1.165) is 16.3 Å². The fraction of sp³-hybridized carbons (Fsp3) is 0.250. The Balaban J connectivity index is 1.80. The zero-order valence-corrected chi connectivity index (χ0v) is 16.7. The summed E-state index contributed by atoms with van der Waals surface area (Å²) in [6.45, 7) is 1.71. The highest BCUT2D eigenvalue weighted by Gasteiger charge is 2.26. The van der Waals surface area contributed by atoms with Crippen molar-refractivity contribution in [3.63, 3.8) is 0 Å². The molecule has 150 valence electrons. The number of fused-ring (bicyclic) bond motifs is 1. The average molecular weight is 392 g/mol. The van der Waals surface area contributed by atoms with Crippen molar-refractivity contribution in [1.82, 2.24) is 10.2 Å². The van der Waals surface area contributed by atoms with Crippen molar-refractivity contribution < 1.29 is 14.0 Å². The molecule has 0 aromatic heterocycles. The number of nitrogens with one attached hydrogen (secondary N) is 1. The van der Waals surface area contributed by atoms with E-state index in [0.29, 0.717) is 12.0 Å². The Morgan fingerprint density at radius 1 is 0.966 bits per heavy atom. The summed E-state index contributed by atoms with van der Waals surface area (Å²) in [7, 11) is 1.53. The van der Waals surface area contributed by atoms with Gasteiger partial charge in [0.15, 0.2) is 0 Å². The summed E-state index contributed by atoms with van der Waals surface area (Å²) in [4.78, 5) is 26.7. The third-order valence-corrected chi connectivity index (χ3v) is 5.20. The molecule has 0 radical (unpaired) electrons. The van der Waals surface area contributed by atoms with Gasteiger partial charge in [-0.15, -0.1) is 0 Å². The average Bonchev–Trinajstić information content (AvgIpc) is 2.75. The number of halogens is 1. The molecule has 1 atom stereocenters. The van der Waals surface area contributed by atoms with Gasteiger partial charge in [0, 0.05) is 25.6 Å². The molecule has 0 aliphatic carbocycles. The van der Waals surface area contributed by atoms with Gasteiger partial charge < -0.3 is 10.2 Å². The molecule has 3 aromatic carbocycles. The van der Waals surface area contributed by atoms with Gasteiger partial charge >= 0.3 is 0 Å². The first-order valence-corrected chi connectivity index (χ1v) is 9.72. The number of hydrogen-bond donors (Lipinski definition) is 1. The summed E-state index contributed by atoms with van der Waals surface area (Å²) in [5, 5.41) is 4.81. The first-order chi connectivity index (χ1) is 14.0. The zero-order valence-electron chi connectivity index (χ0n) is 16.7. The minimum atomic E-state index is -0.695. The molecule has 29 heavy (non-hydrogen) atoms. The van der Waals surface area contributed by atoms with E-state index in [2.05, 4.69) is 5.32 Å². The maximum Gasteiger partial charge on any atom is 0.242 e. The number of benzene rings is 3. The summed E-state index contributed by atoms with van der Waals surface area (Å²) in [5.74, 6) is -0.847. The molecule has 0 aliphatic heterocycles. The largest absolute Gasteiger partial charge is 0.357 e. The first kappa shape index (κ1) is 20.5. The van der Waals surface area contributed by atoms with Crippen LogP contribution in [0.4, 0.5) is 4.39 Å². The molecule has 0 heterocycles. The molecule has 0 fully saturated rings. The van der Waals surface area contributed by atoms with E-state index >= 15 is 0 Å². The van der Waals surface area contributed by atoms with Crippen molar-refractivity contribution in [2.45, 2.75) is 32.4 Å². The van der Waals surface area contributed by atoms with Crippen LogP contribution in [0.1, 0.15) is 24.5 Å². The molecule has 0 spiro atoms. The topological polar surface area (TPSA) is 49.4 Å². The van der Waals surface area contributed by atoms with Gasteiger partial charge in [0.2, 0.25) is 11.8 Å². The number of carbonyl (C=O) groups excluding carboxylic acids is 2. The Bertz CT molecular complexity index is 1010. The van der Waals surface area contributed by atoms with Crippen LogP contribution in [0.15, 0.2) is 66.7 Å². The lowest BCUT2D eigenvalue weighted by atomic mass is 10.0. The molecule has 2 amide bonds. The first-order valence-electron chi connectivity index (χ1n) is 9.72. The normalized spacial score (nSPS) is 11.8. The lowest BCUT2D eigenvalue weighted by Gasteiger charge is -2.28. The number of rotatable bonds is 7. The Hall–Kier alpha value is -3.21. The maximum absolute atomic E-state index is 14.1. The number of nitrogens with zero attached hydrogens (tertiary/aromatic N) is 1. The molecule has 3 rings (SSSR count).